The standard InChI is InChI=1S/C20H27N3O2/c1-4-5-8-13-22-19(24)17-10-7-6-9-16(17)18(21-22)20(25)23(14(2)3)15-11-12-15/h6-7,9-10,14-15H,4-5,8,11-13H2,1-3H3. The molecule has 1 fully saturated rings. The van der Waals surface area contributed by atoms with Crippen molar-refractivity contribution in [1.29, 1.82) is 0 Å². The van der Waals surface area contributed by atoms with Crippen molar-refractivity contribution in [3.05, 3.63) is 40.3 Å². The molecule has 1 aromatic heterocycles. The predicted octanol–water partition coefficient (Wildman–Crippen LogP) is 3.60. The molecule has 0 spiro atoms. The summed E-state index contributed by atoms with van der Waals surface area (Å²) in [6, 6.07) is 7.77. The van der Waals surface area contributed by atoms with E-state index in [0.717, 1.165) is 32.1 Å². The molecule has 1 aliphatic rings. The minimum Gasteiger partial charge on any atom is -0.332 e. The van der Waals surface area contributed by atoms with Gasteiger partial charge >= 0.3 is 0 Å². The summed E-state index contributed by atoms with van der Waals surface area (Å²) in [6.07, 6.45) is 5.13. The summed E-state index contributed by atoms with van der Waals surface area (Å²) in [5.74, 6) is -0.0575. The smallest absolute Gasteiger partial charge is 0.275 e. The van der Waals surface area contributed by atoms with Crippen LogP contribution in [0.25, 0.3) is 10.8 Å². The van der Waals surface area contributed by atoms with Crippen LogP contribution in [0.2, 0.25) is 0 Å². The molecule has 1 aromatic carbocycles. The highest BCUT2D eigenvalue weighted by molar-refractivity contribution is 6.05. The molecule has 5 heteroatoms. The number of aromatic nitrogens is 2. The number of nitrogens with zero attached hydrogens (tertiary/aromatic N) is 3. The molecule has 1 saturated carbocycles. The SMILES string of the molecule is CCCCCn1nc(C(=O)N(C(C)C)C2CC2)c2ccccc2c1=O. The van der Waals surface area contributed by atoms with Crippen LogP contribution in [0.15, 0.2) is 29.1 Å². The lowest BCUT2D eigenvalue weighted by Crippen LogP contribution is -2.40. The largest absolute Gasteiger partial charge is 0.332 e. The molecule has 0 aliphatic heterocycles. The minimum absolute atomic E-state index is 0.0575. The Morgan fingerprint density at radius 3 is 2.52 bits per heavy atom. The zero-order chi connectivity index (χ0) is 18.0. The van der Waals surface area contributed by atoms with E-state index in [0.29, 0.717) is 29.1 Å². The van der Waals surface area contributed by atoms with Crippen LogP contribution in [0.5, 0.6) is 0 Å². The van der Waals surface area contributed by atoms with E-state index < -0.39 is 0 Å². The summed E-state index contributed by atoms with van der Waals surface area (Å²) in [7, 11) is 0. The second kappa shape index (κ2) is 7.38. The van der Waals surface area contributed by atoms with Crippen LogP contribution in [0, 0.1) is 0 Å². The average Bonchev–Trinajstić information content (AvgIpc) is 3.41. The molecular weight excluding hydrogens is 314 g/mol. The fourth-order valence-electron chi connectivity index (χ4n) is 3.35. The second-order valence-corrected chi connectivity index (χ2v) is 7.17. The van der Waals surface area contributed by atoms with Gasteiger partial charge in [0, 0.05) is 24.0 Å². The van der Waals surface area contributed by atoms with Crippen molar-refractivity contribution in [3.8, 4) is 0 Å². The first-order chi connectivity index (χ1) is 12.0. The van der Waals surface area contributed by atoms with Crippen molar-refractivity contribution < 1.29 is 4.79 Å². The van der Waals surface area contributed by atoms with Crippen LogP contribution in [0.3, 0.4) is 0 Å². The number of hydrogen-bond acceptors (Lipinski definition) is 3. The monoisotopic (exact) mass is 341 g/mol. The second-order valence-electron chi connectivity index (χ2n) is 7.17. The zero-order valence-corrected chi connectivity index (χ0v) is 15.4. The number of rotatable bonds is 7. The maximum absolute atomic E-state index is 13.2. The molecule has 0 bridgehead atoms. The van der Waals surface area contributed by atoms with E-state index in [1.165, 1.54) is 4.68 Å². The Hall–Kier alpha value is -2.17. The van der Waals surface area contributed by atoms with Crippen molar-refractivity contribution in [2.75, 3.05) is 0 Å². The molecule has 134 valence electrons. The van der Waals surface area contributed by atoms with E-state index in [4.69, 9.17) is 0 Å². The lowest BCUT2D eigenvalue weighted by atomic mass is 10.1. The highest BCUT2D eigenvalue weighted by atomic mass is 16.2. The summed E-state index contributed by atoms with van der Waals surface area (Å²) in [5.41, 5.74) is 0.304. The maximum atomic E-state index is 13.2. The first kappa shape index (κ1) is 17.6. The number of aryl methyl sites for hydroxylation is 1. The molecule has 3 rings (SSSR count). The third-order valence-corrected chi connectivity index (χ3v) is 4.77. The van der Waals surface area contributed by atoms with Crippen molar-refractivity contribution in [1.82, 2.24) is 14.7 Å². The lowest BCUT2D eigenvalue weighted by Gasteiger charge is -2.27. The van der Waals surface area contributed by atoms with E-state index in [1.54, 1.807) is 6.07 Å². The Morgan fingerprint density at radius 2 is 1.92 bits per heavy atom. The molecule has 0 saturated heterocycles. The molecular formula is C20H27N3O2. The van der Waals surface area contributed by atoms with Gasteiger partial charge in [-0.15, -0.1) is 0 Å². The van der Waals surface area contributed by atoms with Crippen LogP contribution >= 0.6 is 0 Å². The zero-order valence-electron chi connectivity index (χ0n) is 15.4. The number of carbonyl (C=O) groups excluding carboxylic acids is 1. The third-order valence-electron chi connectivity index (χ3n) is 4.77. The number of amides is 1. The van der Waals surface area contributed by atoms with Crippen molar-refractivity contribution >= 4 is 16.7 Å². The van der Waals surface area contributed by atoms with Crippen LogP contribution in [0.4, 0.5) is 0 Å². The molecule has 25 heavy (non-hydrogen) atoms. The first-order valence-corrected chi connectivity index (χ1v) is 9.37. The molecule has 2 aromatic rings. The number of unbranched alkanes of at least 4 members (excludes halogenated alkanes) is 2. The molecule has 0 unspecified atom stereocenters. The fourth-order valence-corrected chi connectivity index (χ4v) is 3.35. The quantitative estimate of drug-likeness (QED) is 0.723. The number of fused-ring (bicyclic) bond motifs is 1. The predicted molar refractivity (Wildman–Crippen MR) is 99.9 cm³/mol. The lowest BCUT2D eigenvalue weighted by molar-refractivity contribution is 0.0683. The van der Waals surface area contributed by atoms with Crippen molar-refractivity contribution in [2.45, 2.75) is 71.5 Å². The summed E-state index contributed by atoms with van der Waals surface area (Å²) < 4.78 is 1.48. The van der Waals surface area contributed by atoms with Gasteiger partial charge in [-0.2, -0.15) is 5.10 Å². The van der Waals surface area contributed by atoms with Crippen LogP contribution in [-0.4, -0.2) is 32.7 Å². The average molecular weight is 341 g/mol. The summed E-state index contributed by atoms with van der Waals surface area (Å²) in [4.78, 5) is 27.9. The molecule has 1 heterocycles. The van der Waals surface area contributed by atoms with Gasteiger partial charge in [-0.25, -0.2) is 4.68 Å². The van der Waals surface area contributed by atoms with Crippen LogP contribution in [-0.2, 0) is 6.54 Å². The van der Waals surface area contributed by atoms with Gasteiger partial charge in [-0.3, -0.25) is 9.59 Å². The van der Waals surface area contributed by atoms with Crippen LogP contribution < -0.4 is 5.56 Å². The van der Waals surface area contributed by atoms with E-state index in [1.807, 2.05) is 36.9 Å². The van der Waals surface area contributed by atoms with E-state index in [2.05, 4.69) is 12.0 Å². The number of carbonyl (C=O) groups is 1. The molecule has 0 atom stereocenters. The Labute approximate surface area is 148 Å². The Balaban J connectivity index is 2.07. The van der Waals surface area contributed by atoms with E-state index in [9.17, 15) is 9.59 Å². The number of hydrogen-bond donors (Lipinski definition) is 0. The summed E-state index contributed by atoms with van der Waals surface area (Å²) >= 11 is 0. The Kier molecular flexibility index (Phi) is 5.21. The first-order valence-electron chi connectivity index (χ1n) is 9.37. The van der Waals surface area contributed by atoms with E-state index >= 15 is 0 Å². The highest BCUT2D eigenvalue weighted by Crippen LogP contribution is 2.30. The molecule has 0 radical (unpaired) electrons. The summed E-state index contributed by atoms with van der Waals surface area (Å²) in [6.45, 7) is 6.76. The van der Waals surface area contributed by atoms with Gasteiger partial charge in [-0.1, -0.05) is 38.0 Å². The Bertz CT molecular complexity index is 819. The summed E-state index contributed by atoms with van der Waals surface area (Å²) in [5, 5.41) is 5.74. The third kappa shape index (κ3) is 3.60. The Morgan fingerprint density at radius 1 is 1.24 bits per heavy atom. The van der Waals surface area contributed by atoms with Crippen LogP contribution in [0.1, 0.15) is 63.4 Å². The molecule has 1 aliphatic carbocycles. The van der Waals surface area contributed by atoms with Crippen molar-refractivity contribution in [2.24, 2.45) is 0 Å². The van der Waals surface area contributed by atoms with Gasteiger partial charge in [-0.05, 0) is 39.2 Å². The van der Waals surface area contributed by atoms with Gasteiger partial charge in [0.15, 0.2) is 5.69 Å². The van der Waals surface area contributed by atoms with Gasteiger partial charge in [0.1, 0.15) is 0 Å². The molecule has 1 amide bonds. The van der Waals surface area contributed by atoms with Gasteiger partial charge in [0.2, 0.25) is 0 Å². The van der Waals surface area contributed by atoms with Gasteiger partial charge < -0.3 is 4.90 Å². The van der Waals surface area contributed by atoms with Crippen molar-refractivity contribution in [3.63, 3.8) is 0 Å². The minimum atomic E-state index is -0.106. The van der Waals surface area contributed by atoms with Gasteiger partial charge in [0.25, 0.3) is 11.5 Å². The fraction of sp³-hybridized carbons (Fsp3) is 0.550. The highest BCUT2D eigenvalue weighted by Gasteiger charge is 2.36. The normalized spacial score (nSPS) is 14.2. The van der Waals surface area contributed by atoms with Gasteiger partial charge in [0.05, 0.1) is 5.39 Å². The molecule has 5 nitrogen and oxygen atoms in total. The topological polar surface area (TPSA) is 55.2 Å². The number of benzene rings is 1. The maximum Gasteiger partial charge on any atom is 0.275 e. The molecule has 0 N–H and O–H groups in total. The van der Waals surface area contributed by atoms with E-state index in [-0.39, 0.29) is 17.5 Å².